The molecule has 0 aliphatic heterocycles. The fourth-order valence-corrected chi connectivity index (χ4v) is 2.87. The lowest BCUT2D eigenvalue weighted by Crippen LogP contribution is -2.34. The molecule has 0 bridgehead atoms. The Morgan fingerprint density at radius 1 is 1.30 bits per heavy atom. The van der Waals surface area contributed by atoms with Crippen molar-refractivity contribution in [2.75, 3.05) is 7.11 Å². The molecule has 0 radical (unpaired) electrons. The van der Waals surface area contributed by atoms with Gasteiger partial charge in [0, 0.05) is 18.2 Å². The van der Waals surface area contributed by atoms with Crippen LogP contribution in [0.1, 0.15) is 23.1 Å². The molecule has 1 N–H and O–H groups in total. The van der Waals surface area contributed by atoms with E-state index in [2.05, 4.69) is 4.98 Å². The van der Waals surface area contributed by atoms with Gasteiger partial charge in [0.05, 0.1) is 18.9 Å². The van der Waals surface area contributed by atoms with E-state index in [1.165, 1.54) is 11.8 Å². The Hall–Kier alpha value is -1.94. The van der Waals surface area contributed by atoms with Gasteiger partial charge in [-0.05, 0) is 42.2 Å². The van der Waals surface area contributed by atoms with Crippen LogP contribution in [-0.2, 0) is 18.4 Å². The van der Waals surface area contributed by atoms with Gasteiger partial charge < -0.3 is 9.84 Å². The fraction of sp³-hybridized carbons (Fsp3) is 0.312. The Morgan fingerprint density at radius 3 is 2.90 bits per heavy atom. The summed E-state index contributed by atoms with van der Waals surface area (Å²) in [6.07, 6.45) is 4.27. The van der Waals surface area contributed by atoms with Gasteiger partial charge in [0.2, 0.25) is 0 Å². The summed E-state index contributed by atoms with van der Waals surface area (Å²) in [4.78, 5) is 3.74. The van der Waals surface area contributed by atoms with E-state index in [0.717, 1.165) is 23.9 Å². The van der Waals surface area contributed by atoms with Gasteiger partial charge >= 0.3 is 0 Å². The minimum absolute atomic E-state index is 0.320. The van der Waals surface area contributed by atoms with Crippen molar-refractivity contribution in [2.45, 2.75) is 24.9 Å². The number of aryl methyl sites for hydroxylation is 1. The molecule has 2 aromatic rings. The van der Waals surface area contributed by atoms with Crippen LogP contribution in [-0.4, -0.2) is 17.2 Å². The summed E-state index contributed by atoms with van der Waals surface area (Å²) >= 11 is 0. The Balaban J connectivity index is 2.00. The summed E-state index contributed by atoms with van der Waals surface area (Å²) in [5.41, 5.74) is 1.34. The van der Waals surface area contributed by atoms with Crippen LogP contribution >= 0.6 is 0 Å². The molecule has 104 valence electrons. The highest BCUT2D eigenvalue weighted by Crippen LogP contribution is 2.38. The van der Waals surface area contributed by atoms with E-state index in [1.54, 1.807) is 13.2 Å². The molecule has 0 spiro atoms. The van der Waals surface area contributed by atoms with Crippen LogP contribution in [0.4, 0.5) is 4.39 Å². The highest BCUT2D eigenvalue weighted by atomic mass is 19.1. The van der Waals surface area contributed by atoms with Crippen LogP contribution in [0.15, 0.2) is 36.7 Å². The van der Waals surface area contributed by atoms with Crippen molar-refractivity contribution in [3.8, 4) is 5.75 Å². The number of nitrogens with zero attached hydrogens (tertiary/aromatic N) is 1. The largest absolute Gasteiger partial charge is 0.497 e. The molecule has 0 saturated carbocycles. The third kappa shape index (κ3) is 2.16. The number of aliphatic hydroxyl groups is 1. The van der Waals surface area contributed by atoms with Gasteiger partial charge in [-0.15, -0.1) is 0 Å². The Labute approximate surface area is 117 Å². The zero-order valence-electron chi connectivity index (χ0n) is 11.3. The van der Waals surface area contributed by atoms with Gasteiger partial charge in [-0.3, -0.25) is 4.98 Å². The fourth-order valence-electron chi connectivity index (χ4n) is 2.87. The molecule has 4 heteroatoms. The van der Waals surface area contributed by atoms with Crippen molar-refractivity contribution in [3.63, 3.8) is 0 Å². The van der Waals surface area contributed by atoms with Gasteiger partial charge in [-0.2, -0.15) is 0 Å². The van der Waals surface area contributed by atoms with E-state index in [4.69, 9.17) is 4.74 Å². The molecule has 0 fully saturated rings. The molecular formula is C16H16FNO2. The topological polar surface area (TPSA) is 42.4 Å². The first-order valence-electron chi connectivity index (χ1n) is 6.60. The Bertz CT molecular complexity index is 644. The summed E-state index contributed by atoms with van der Waals surface area (Å²) < 4.78 is 19.1. The van der Waals surface area contributed by atoms with Gasteiger partial charge in [0.15, 0.2) is 0 Å². The van der Waals surface area contributed by atoms with Crippen molar-refractivity contribution >= 4 is 0 Å². The minimum atomic E-state index is -1.17. The molecule has 3 rings (SSSR count). The maximum absolute atomic E-state index is 13.9. The molecule has 1 aliphatic carbocycles. The van der Waals surface area contributed by atoms with Crippen LogP contribution < -0.4 is 4.74 Å². The molecule has 1 aromatic heterocycles. The van der Waals surface area contributed by atoms with E-state index < -0.39 is 11.4 Å². The lowest BCUT2D eigenvalue weighted by atomic mass is 9.76. The molecule has 1 atom stereocenters. The Morgan fingerprint density at radius 2 is 2.15 bits per heavy atom. The van der Waals surface area contributed by atoms with Crippen molar-refractivity contribution in [2.24, 2.45) is 0 Å². The van der Waals surface area contributed by atoms with Crippen molar-refractivity contribution in [3.05, 3.63) is 59.2 Å². The van der Waals surface area contributed by atoms with Gasteiger partial charge in [0.25, 0.3) is 0 Å². The van der Waals surface area contributed by atoms with E-state index in [-0.39, 0.29) is 0 Å². The molecule has 1 unspecified atom stereocenters. The van der Waals surface area contributed by atoms with Crippen LogP contribution in [0.25, 0.3) is 0 Å². The normalized spacial score (nSPS) is 21.4. The number of rotatable bonds is 2. The molecule has 1 aliphatic rings. The second-order valence-electron chi connectivity index (χ2n) is 5.20. The van der Waals surface area contributed by atoms with E-state index in [0.29, 0.717) is 18.4 Å². The maximum Gasteiger partial charge on any atom is 0.147 e. The zero-order chi connectivity index (χ0) is 14.2. The number of hydrogen-bond donors (Lipinski definition) is 1. The summed E-state index contributed by atoms with van der Waals surface area (Å²) in [6, 6.07) is 7.39. The average molecular weight is 273 g/mol. The monoisotopic (exact) mass is 273 g/mol. The molecule has 1 aromatic carbocycles. The molecule has 3 nitrogen and oxygen atoms in total. The predicted octanol–water partition coefficient (Wildman–Crippen LogP) is 2.61. The number of fused-ring (bicyclic) bond motifs is 1. The molecule has 20 heavy (non-hydrogen) atoms. The molecule has 0 saturated heterocycles. The molecular weight excluding hydrogens is 257 g/mol. The number of halogens is 1. The SMILES string of the molecule is COc1ccc2c(c1)CC(O)(c1ccncc1F)CC2. The first-order valence-corrected chi connectivity index (χ1v) is 6.60. The number of methoxy groups -OCH3 is 1. The maximum atomic E-state index is 13.9. The summed E-state index contributed by atoms with van der Waals surface area (Å²) in [7, 11) is 1.61. The zero-order valence-corrected chi connectivity index (χ0v) is 11.3. The first-order chi connectivity index (χ1) is 9.62. The third-order valence-corrected chi connectivity index (χ3v) is 3.98. The van der Waals surface area contributed by atoms with E-state index in [1.807, 2.05) is 18.2 Å². The number of ether oxygens (including phenoxy) is 1. The third-order valence-electron chi connectivity index (χ3n) is 3.98. The van der Waals surface area contributed by atoms with Crippen LogP contribution in [0, 0.1) is 5.82 Å². The quantitative estimate of drug-likeness (QED) is 0.914. The number of hydrogen-bond acceptors (Lipinski definition) is 3. The molecule has 1 heterocycles. The average Bonchev–Trinajstić information content (AvgIpc) is 2.46. The Kier molecular flexibility index (Phi) is 3.18. The summed E-state index contributed by atoms with van der Waals surface area (Å²) in [5.74, 6) is 0.296. The van der Waals surface area contributed by atoms with E-state index >= 15 is 0 Å². The van der Waals surface area contributed by atoms with Gasteiger partial charge in [-0.25, -0.2) is 4.39 Å². The van der Waals surface area contributed by atoms with E-state index in [9.17, 15) is 9.50 Å². The standard InChI is InChI=1S/C16H16FNO2/c1-20-13-3-2-11-4-6-16(19,9-12(11)8-13)14-5-7-18-10-15(14)17/h2-3,5,7-8,10,19H,4,6,9H2,1H3. The molecule has 0 amide bonds. The number of benzene rings is 1. The lowest BCUT2D eigenvalue weighted by Gasteiger charge is -2.34. The van der Waals surface area contributed by atoms with Crippen molar-refractivity contribution < 1.29 is 14.2 Å². The van der Waals surface area contributed by atoms with Crippen molar-refractivity contribution in [1.29, 1.82) is 0 Å². The summed E-state index contributed by atoms with van der Waals surface area (Å²) in [5, 5.41) is 10.8. The number of aromatic nitrogens is 1. The van der Waals surface area contributed by atoms with Crippen LogP contribution in [0.3, 0.4) is 0 Å². The summed E-state index contributed by atoms with van der Waals surface area (Å²) in [6.45, 7) is 0. The van der Waals surface area contributed by atoms with Crippen LogP contribution in [0.5, 0.6) is 5.75 Å². The van der Waals surface area contributed by atoms with Crippen LogP contribution in [0.2, 0.25) is 0 Å². The minimum Gasteiger partial charge on any atom is -0.497 e. The lowest BCUT2D eigenvalue weighted by molar-refractivity contribution is 0.0186. The number of pyridine rings is 1. The van der Waals surface area contributed by atoms with Gasteiger partial charge in [-0.1, -0.05) is 6.07 Å². The highest BCUT2D eigenvalue weighted by molar-refractivity contribution is 5.40. The highest BCUT2D eigenvalue weighted by Gasteiger charge is 2.36. The van der Waals surface area contributed by atoms with Gasteiger partial charge in [0.1, 0.15) is 11.6 Å². The smallest absolute Gasteiger partial charge is 0.147 e. The predicted molar refractivity (Wildman–Crippen MR) is 73.1 cm³/mol. The second kappa shape index (κ2) is 4.87. The van der Waals surface area contributed by atoms with Crippen molar-refractivity contribution in [1.82, 2.24) is 4.98 Å². The second-order valence-corrected chi connectivity index (χ2v) is 5.20. The first kappa shape index (κ1) is 13.1.